The Balaban J connectivity index is 1.58. The molecule has 1 amide bonds. The highest BCUT2D eigenvalue weighted by Gasteiger charge is 2.43. The van der Waals surface area contributed by atoms with Gasteiger partial charge in [-0.1, -0.05) is 30.3 Å². The molecule has 1 N–H and O–H groups in total. The molecule has 2 aliphatic rings. The third-order valence-electron chi connectivity index (χ3n) is 4.56. The minimum absolute atomic E-state index is 0.143. The van der Waals surface area contributed by atoms with E-state index in [9.17, 15) is 4.79 Å². The number of nitrogens with zero attached hydrogens (tertiary/aromatic N) is 1. The Labute approximate surface area is 120 Å². The van der Waals surface area contributed by atoms with Crippen molar-refractivity contribution in [1.29, 1.82) is 0 Å². The zero-order valence-corrected chi connectivity index (χ0v) is 11.9. The molecule has 0 aliphatic carbocycles. The molecule has 2 unspecified atom stereocenters. The lowest BCUT2D eigenvalue weighted by atomic mass is 9.98. The van der Waals surface area contributed by atoms with Crippen LogP contribution in [-0.2, 0) is 11.3 Å². The van der Waals surface area contributed by atoms with Gasteiger partial charge < -0.3 is 15.0 Å². The van der Waals surface area contributed by atoms with Crippen LogP contribution in [-0.4, -0.2) is 36.2 Å². The molecule has 0 aromatic heterocycles. The van der Waals surface area contributed by atoms with E-state index in [4.69, 9.17) is 4.74 Å². The first-order valence-electron chi connectivity index (χ1n) is 7.44. The second kappa shape index (κ2) is 5.83. The number of benzene rings is 1. The molecule has 3 rings (SSSR count). The fourth-order valence-corrected chi connectivity index (χ4v) is 3.50. The first-order chi connectivity index (χ1) is 9.78. The highest BCUT2D eigenvalue weighted by molar-refractivity contribution is 5.69. The molecule has 0 saturated carbocycles. The van der Waals surface area contributed by atoms with Gasteiger partial charge in [0.25, 0.3) is 0 Å². The quantitative estimate of drug-likeness (QED) is 0.921. The fourth-order valence-electron chi connectivity index (χ4n) is 3.50. The van der Waals surface area contributed by atoms with Crippen LogP contribution < -0.4 is 5.32 Å². The van der Waals surface area contributed by atoms with Crippen molar-refractivity contribution in [2.24, 2.45) is 0 Å². The molecule has 4 nitrogen and oxygen atoms in total. The Morgan fingerprint density at radius 3 is 2.50 bits per heavy atom. The van der Waals surface area contributed by atoms with E-state index in [1.54, 1.807) is 0 Å². The van der Waals surface area contributed by atoms with Gasteiger partial charge in [0, 0.05) is 18.1 Å². The number of amides is 1. The molecule has 20 heavy (non-hydrogen) atoms. The molecule has 2 saturated heterocycles. The Morgan fingerprint density at radius 1 is 1.25 bits per heavy atom. The number of carbonyl (C=O) groups excluding carboxylic acids is 1. The molecule has 2 bridgehead atoms. The molecule has 2 heterocycles. The van der Waals surface area contributed by atoms with Crippen LogP contribution in [0.25, 0.3) is 0 Å². The van der Waals surface area contributed by atoms with Crippen molar-refractivity contribution in [2.75, 3.05) is 7.05 Å². The summed E-state index contributed by atoms with van der Waals surface area (Å²) in [4.78, 5) is 14.3. The third kappa shape index (κ3) is 2.66. The first kappa shape index (κ1) is 13.4. The highest BCUT2D eigenvalue weighted by atomic mass is 16.6. The Hall–Kier alpha value is -1.55. The molecule has 1 aromatic carbocycles. The van der Waals surface area contributed by atoms with Crippen LogP contribution in [0.3, 0.4) is 0 Å². The SMILES string of the molecule is CNC1CC2CCC(C1)N2C(=O)OCc1ccccc1. The van der Waals surface area contributed by atoms with Crippen LogP contribution in [0.4, 0.5) is 4.79 Å². The van der Waals surface area contributed by atoms with Crippen molar-refractivity contribution in [3.8, 4) is 0 Å². The molecule has 4 heteroatoms. The van der Waals surface area contributed by atoms with Crippen LogP contribution in [0.1, 0.15) is 31.2 Å². The predicted octanol–water partition coefficient (Wildman–Crippen LogP) is 2.54. The van der Waals surface area contributed by atoms with Crippen molar-refractivity contribution in [3.63, 3.8) is 0 Å². The number of hydrogen-bond acceptors (Lipinski definition) is 3. The summed E-state index contributed by atoms with van der Waals surface area (Å²) in [5.41, 5.74) is 1.04. The van der Waals surface area contributed by atoms with Crippen LogP contribution in [0.2, 0.25) is 0 Å². The van der Waals surface area contributed by atoms with Crippen LogP contribution in [0.5, 0.6) is 0 Å². The maximum absolute atomic E-state index is 12.3. The standard InChI is InChI=1S/C16H22N2O2/c1-17-13-9-14-7-8-15(10-13)18(14)16(19)20-11-12-5-3-2-4-6-12/h2-6,13-15,17H,7-11H2,1H3. The number of hydrogen-bond donors (Lipinski definition) is 1. The normalized spacial score (nSPS) is 28.4. The fraction of sp³-hybridized carbons (Fsp3) is 0.562. The molecule has 2 aliphatic heterocycles. The summed E-state index contributed by atoms with van der Waals surface area (Å²) >= 11 is 0. The lowest BCUT2D eigenvalue weighted by Gasteiger charge is -2.38. The molecular weight excluding hydrogens is 252 g/mol. The number of carbonyl (C=O) groups is 1. The largest absolute Gasteiger partial charge is 0.445 e. The van der Waals surface area contributed by atoms with E-state index in [0.717, 1.165) is 31.2 Å². The monoisotopic (exact) mass is 274 g/mol. The molecule has 1 aromatic rings. The number of ether oxygens (including phenoxy) is 1. The number of fused-ring (bicyclic) bond motifs is 2. The smallest absolute Gasteiger partial charge is 0.410 e. The second-order valence-corrected chi connectivity index (χ2v) is 5.79. The van der Waals surface area contributed by atoms with Gasteiger partial charge in [-0.15, -0.1) is 0 Å². The minimum atomic E-state index is -0.143. The Bertz CT molecular complexity index is 449. The topological polar surface area (TPSA) is 41.6 Å². The molecule has 0 radical (unpaired) electrons. The summed E-state index contributed by atoms with van der Waals surface area (Å²) in [5.74, 6) is 0. The van der Waals surface area contributed by atoms with Crippen LogP contribution in [0.15, 0.2) is 30.3 Å². The van der Waals surface area contributed by atoms with E-state index in [1.165, 1.54) is 0 Å². The van der Waals surface area contributed by atoms with Gasteiger partial charge in [-0.2, -0.15) is 0 Å². The average molecular weight is 274 g/mol. The molecule has 2 fully saturated rings. The zero-order valence-electron chi connectivity index (χ0n) is 11.9. The number of rotatable bonds is 3. The van der Waals surface area contributed by atoms with Crippen molar-refractivity contribution < 1.29 is 9.53 Å². The summed E-state index contributed by atoms with van der Waals surface area (Å²) in [6.45, 7) is 0.366. The maximum Gasteiger partial charge on any atom is 0.410 e. The Morgan fingerprint density at radius 2 is 1.90 bits per heavy atom. The van der Waals surface area contributed by atoms with Crippen LogP contribution >= 0.6 is 0 Å². The lowest BCUT2D eigenvalue weighted by Crippen LogP contribution is -2.50. The zero-order chi connectivity index (χ0) is 13.9. The van der Waals surface area contributed by atoms with E-state index >= 15 is 0 Å². The summed E-state index contributed by atoms with van der Waals surface area (Å²) in [6, 6.07) is 11.1. The molecular formula is C16H22N2O2. The summed E-state index contributed by atoms with van der Waals surface area (Å²) in [6.07, 6.45) is 4.18. The Kier molecular flexibility index (Phi) is 3.92. The average Bonchev–Trinajstić information content (AvgIpc) is 2.76. The van der Waals surface area contributed by atoms with E-state index in [-0.39, 0.29) is 6.09 Å². The van der Waals surface area contributed by atoms with Gasteiger partial charge in [-0.25, -0.2) is 4.79 Å². The van der Waals surface area contributed by atoms with E-state index in [2.05, 4.69) is 5.32 Å². The van der Waals surface area contributed by atoms with Crippen molar-refractivity contribution in [2.45, 2.75) is 50.4 Å². The van der Waals surface area contributed by atoms with Gasteiger partial charge in [-0.3, -0.25) is 0 Å². The van der Waals surface area contributed by atoms with Crippen LogP contribution in [0, 0.1) is 0 Å². The van der Waals surface area contributed by atoms with E-state index in [0.29, 0.717) is 24.7 Å². The van der Waals surface area contributed by atoms with Crippen molar-refractivity contribution in [3.05, 3.63) is 35.9 Å². The van der Waals surface area contributed by atoms with Crippen molar-refractivity contribution >= 4 is 6.09 Å². The first-order valence-corrected chi connectivity index (χ1v) is 7.44. The number of nitrogens with one attached hydrogen (secondary N) is 1. The molecule has 108 valence electrons. The van der Waals surface area contributed by atoms with Gasteiger partial charge in [0.05, 0.1) is 0 Å². The van der Waals surface area contributed by atoms with Crippen molar-refractivity contribution in [1.82, 2.24) is 10.2 Å². The summed E-state index contributed by atoms with van der Waals surface area (Å²) < 4.78 is 5.48. The van der Waals surface area contributed by atoms with Gasteiger partial charge >= 0.3 is 6.09 Å². The van der Waals surface area contributed by atoms with E-state index in [1.807, 2.05) is 42.3 Å². The predicted molar refractivity (Wildman–Crippen MR) is 77.4 cm³/mol. The number of piperidine rings is 1. The van der Waals surface area contributed by atoms with Gasteiger partial charge in [0.2, 0.25) is 0 Å². The van der Waals surface area contributed by atoms with E-state index < -0.39 is 0 Å². The third-order valence-corrected chi connectivity index (χ3v) is 4.56. The molecule has 2 atom stereocenters. The summed E-state index contributed by atoms with van der Waals surface area (Å²) in [7, 11) is 2.01. The summed E-state index contributed by atoms with van der Waals surface area (Å²) in [5, 5.41) is 3.34. The van der Waals surface area contributed by atoms with Gasteiger partial charge in [-0.05, 0) is 38.3 Å². The van der Waals surface area contributed by atoms with Gasteiger partial charge in [0.15, 0.2) is 0 Å². The minimum Gasteiger partial charge on any atom is -0.445 e. The molecule has 0 spiro atoms. The van der Waals surface area contributed by atoms with Gasteiger partial charge in [0.1, 0.15) is 6.61 Å². The highest BCUT2D eigenvalue weighted by Crippen LogP contribution is 2.36. The lowest BCUT2D eigenvalue weighted by molar-refractivity contribution is 0.0589. The maximum atomic E-state index is 12.3. The second-order valence-electron chi connectivity index (χ2n) is 5.79.